The van der Waals surface area contributed by atoms with Crippen LogP contribution in [-0.4, -0.2) is 4.98 Å². The minimum absolute atomic E-state index is 0.754. The van der Waals surface area contributed by atoms with Gasteiger partial charge in [-0.15, -0.1) is 0 Å². The first-order chi connectivity index (χ1) is 10.8. The quantitative estimate of drug-likeness (QED) is 0.457. The molecule has 0 aliphatic heterocycles. The molecule has 0 amide bonds. The van der Waals surface area contributed by atoms with Crippen LogP contribution in [0, 0.1) is 0 Å². The molecule has 0 unspecified atom stereocenters. The third kappa shape index (κ3) is 2.20. The maximum atomic E-state index is 6.04. The minimum atomic E-state index is 0.754. The molecule has 0 aliphatic rings. The smallest absolute Gasteiger partial charge is 0.0544 e. The van der Waals surface area contributed by atoms with Crippen LogP contribution >= 0.6 is 11.6 Å². The van der Waals surface area contributed by atoms with Gasteiger partial charge in [0.2, 0.25) is 0 Å². The van der Waals surface area contributed by atoms with Crippen LogP contribution in [0.25, 0.3) is 33.3 Å². The molecule has 22 heavy (non-hydrogen) atoms. The molecule has 0 saturated heterocycles. The summed E-state index contributed by atoms with van der Waals surface area (Å²) in [5.74, 6) is 0. The van der Waals surface area contributed by atoms with Crippen molar-refractivity contribution in [3.05, 3.63) is 83.9 Å². The van der Waals surface area contributed by atoms with E-state index in [-0.39, 0.29) is 0 Å². The molecule has 0 aliphatic carbocycles. The maximum Gasteiger partial charge on any atom is 0.0544 e. The Balaban J connectivity index is 2.04. The summed E-state index contributed by atoms with van der Waals surface area (Å²) >= 11 is 6.04. The normalized spacial score (nSPS) is 11.0. The Morgan fingerprint density at radius 1 is 0.636 bits per heavy atom. The zero-order valence-corrected chi connectivity index (χ0v) is 12.6. The van der Waals surface area contributed by atoms with E-state index in [4.69, 9.17) is 11.6 Å². The van der Waals surface area contributed by atoms with Gasteiger partial charge in [-0.05, 0) is 29.3 Å². The van der Waals surface area contributed by atoms with Crippen molar-refractivity contribution in [2.75, 3.05) is 0 Å². The number of H-pyrrole nitrogens is 1. The number of aromatic amines is 1. The Bertz CT molecular complexity index is 921. The Labute approximate surface area is 134 Å². The van der Waals surface area contributed by atoms with Crippen LogP contribution < -0.4 is 0 Å². The van der Waals surface area contributed by atoms with Gasteiger partial charge in [-0.3, -0.25) is 0 Å². The molecule has 4 aromatic rings. The highest BCUT2D eigenvalue weighted by Gasteiger charge is 2.14. The average molecular weight is 304 g/mol. The van der Waals surface area contributed by atoms with Gasteiger partial charge >= 0.3 is 0 Å². The van der Waals surface area contributed by atoms with Gasteiger partial charge < -0.3 is 4.98 Å². The molecule has 0 saturated carbocycles. The fraction of sp³-hybridized carbons (Fsp3) is 0. The van der Waals surface area contributed by atoms with E-state index in [9.17, 15) is 0 Å². The van der Waals surface area contributed by atoms with E-state index in [1.54, 1.807) is 0 Å². The second-order valence-electron chi connectivity index (χ2n) is 5.29. The van der Waals surface area contributed by atoms with E-state index in [1.807, 2.05) is 18.2 Å². The Kier molecular flexibility index (Phi) is 3.21. The number of benzene rings is 3. The molecule has 0 atom stereocenters. The van der Waals surface area contributed by atoms with Crippen molar-refractivity contribution >= 4 is 22.5 Å². The summed E-state index contributed by atoms with van der Waals surface area (Å²) in [4.78, 5) is 3.56. The number of hydrogen-bond acceptors (Lipinski definition) is 0. The lowest BCUT2D eigenvalue weighted by Gasteiger charge is -2.06. The molecule has 1 heterocycles. The highest BCUT2D eigenvalue weighted by molar-refractivity contribution is 6.30. The van der Waals surface area contributed by atoms with Crippen LogP contribution in [0.15, 0.2) is 78.9 Å². The molecular formula is C20H14ClN. The van der Waals surface area contributed by atoms with Crippen molar-refractivity contribution < 1.29 is 0 Å². The van der Waals surface area contributed by atoms with Crippen LogP contribution in [-0.2, 0) is 0 Å². The standard InChI is InChI=1S/C20H14ClN/c21-16-12-10-14(11-13-16)19-17-8-4-5-9-18(17)22-20(19)15-6-2-1-3-7-15/h1-13,22H. The predicted molar refractivity (Wildman–Crippen MR) is 94.2 cm³/mol. The van der Waals surface area contributed by atoms with Gasteiger partial charge in [-0.2, -0.15) is 0 Å². The highest BCUT2D eigenvalue weighted by atomic mass is 35.5. The van der Waals surface area contributed by atoms with Crippen molar-refractivity contribution in [2.45, 2.75) is 0 Å². The predicted octanol–water partition coefficient (Wildman–Crippen LogP) is 6.16. The zero-order valence-electron chi connectivity index (χ0n) is 11.9. The van der Waals surface area contributed by atoms with E-state index >= 15 is 0 Å². The van der Waals surface area contributed by atoms with Crippen molar-refractivity contribution in [1.29, 1.82) is 0 Å². The summed E-state index contributed by atoms with van der Waals surface area (Å²) in [5, 5.41) is 1.98. The fourth-order valence-electron chi connectivity index (χ4n) is 2.88. The molecule has 0 radical (unpaired) electrons. The number of halogens is 1. The van der Waals surface area contributed by atoms with E-state index in [0.29, 0.717) is 0 Å². The van der Waals surface area contributed by atoms with E-state index in [2.05, 4.69) is 65.6 Å². The van der Waals surface area contributed by atoms with Gasteiger partial charge in [0.05, 0.1) is 5.69 Å². The number of fused-ring (bicyclic) bond motifs is 1. The Morgan fingerprint density at radius 3 is 2.09 bits per heavy atom. The number of nitrogens with one attached hydrogen (secondary N) is 1. The summed E-state index contributed by atoms with van der Waals surface area (Å²) in [6.45, 7) is 0. The monoisotopic (exact) mass is 303 g/mol. The zero-order chi connectivity index (χ0) is 14.9. The largest absolute Gasteiger partial charge is 0.354 e. The van der Waals surface area contributed by atoms with Gasteiger partial charge in [-0.25, -0.2) is 0 Å². The maximum absolute atomic E-state index is 6.04. The van der Waals surface area contributed by atoms with Crippen LogP contribution in [0.5, 0.6) is 0 Å². The molecule has 2 heteroatoms. The fourth-order valence-corrected chi connectivity index (χ4v) is 3.01. The van der Waals surface area contributed by atoms with Crippen molar-refractivity contribution in [3.8, 4) is 22.4 Å². The second-order valence-corrected chi connectivity index (χ2v) is 5.73. The number of hydrogen-bond donors (Lipinski definition) is 1. The number of para-hydroxylation sites is 1. The third-order valence-corrected chi connectivity index (χ3v) is 4.15. The SMILES string of the molecule is Clc1ccc(-c2c(-c3ccccc3)[nH]c3ccccc23)cc1. The molecule has 0 fully saturated rings. The number of rotatable bonds is 2. The highest BCUT2D eigenvalue weighted by Crippen LogP contribution is 2.38. The van der Waals surface area contributed by atoms with Gasteiger partial charge in [0.15, 0.2) is 0 Å². The lowest BCUT2D eigenvalue weighted by Crippen LogP contribution is -1.82. The van der Waals surface area contributed by atoms with Gasteiger partial charge in [0, 0.05) is 21.5 Å². The topological polar surface area (TPSA) is 15.8 Å². The third-order valence-electron chi connectivity index (χ3n) is 3.90. The molecule has 3 aromatic carbocycles. The van der Waals surface area contributed by atoms with Crippen molar-refractivity contribution in [1.82, 2.24) is 4.98 Å². The summed E-state index contributed by atoms with van der Waals surface area (Å²) < 4.78 is 0. The van der Waals surface area contributed by atoms with Crippen LogP contribution in [0.1, 0.15) is 0 Å². The second kappa shape index (κ2) is 5.36. The lowest BCUT2D eigenvalue weighted by molar-refractivity contribution is 1.45. The van der Waals surface area contributed by atoms with Gasteiger partial charge in [0.25, 0.3) is 0 Å². The van der Waals surface area contributed by atoms with E-state index < -0.39 is 0 Å². The lowest BCUT2D eigenvalue weighted by atomic mass is 9.98. The minimum Gasteiger partial charge on any atom is -0.354 e. The van der Waals surface area contributed by atoms with Gasteiger partial charge in [0.1, 0.15) is 0 Å². The molecule has 1 N–H and O–H groups in total. The molecule has 0 bridgehead atoms. The number of aromatic nitrogens is 1. The molecule has 106 valence electrons. The van der Waals surface area contributed by atoms with E-state index in [0.717, 1.165) is 16.2 Å². The summed E-state index contributed by atoms with van der Waals surface area (Å²) in [5.41, 5.74) is 5.86. The average Bonchev–Trinajstić information content (AvgIpc) is 2.96. The molecule has 4 rings (SSSR count). The molecule has 1 aromatic heterocycles. The summed E-state index contributed by atoms with van der Waals surface area (Å²) in [6, 6.07) is 26.8. The van der Waals surface area contributed by atoms with Gasteiger partial charge in [-0.1, -0.05) is 72.3 Å². The first-order valence-corrected chi connectivity index (χ1v) is 7.63. The molecule has 0 spiro atoms. The van der Waals surface area contributed by atoms with Crippen LogP contribution in [0.3, 0.4) is 0 Å². The Hall–Kier alpha value is -2.51. The van der Waals surface area contributed by atoms with Crippen molar-refractivity contribution in [2.24, 2.45) is 0 Å². The summed E-state index contributed by atoms with van der Waals surface area (Å²) in [6.07, 6.45) is 0. The first-order valence-electron chi connectivity index (χ1n) is 7.25. The molecule has 1 nitrogen and oxygen atoms in total. The van der Waals surface area contributed by atoms with Crippen LogP contribution in [0.2, 0.25) is 5.02 Å². The summed E-state index contributed by atoms with van der Waals surface area (Å²) in [7, 11) is 0. The first kappa shape index (κ1) is 13.2. The molecular weight excluding hydrogens is 290 g/mol. The van der Waals surface area contributed by atoms with Crippen molar-refractivity contribution in [3.63, 3.8) is 0 Å². The van der Waals surface area contributed by atoms with Crippen LogP contribution in [0.4, 0.5) is 0 Å². The van der Waals surface area contributed by atoms with E-state index in [1.165, 1.54) is 22.1 Å². The Morgan fingerprint density at radius 2 is 1.32 bits per heavy atom.